The van der Waals surface area contributed by atoms with Crippen molar-refractivity contribution in [2.24, 2.45) is 0 Å². The van der Waals surface area contributed by atoms with Crippen molar-refractivity contribution in [2.75, 3.05) is 9.80 Å². The van der Waals surface area contributed by atoms with Crippen molar-refractivity contribution in [3.8, 4) is 39.1 Å². The van der Waals surface area contributed by atoms with Crippen molar-refractivity contribution in [1.82, 2.24) is 4.57 Å². The highest BCUT2D eigenvalue weighted by molar-refractivity contribution is 7.26. The second-order valence-corrected chi connectivity index (χ2v) is 20.7. The summed E-state index contributed by atoms with van der Waals surface area (Å²) in [5, 5.41) is 6.95. The van der Waals surface area contributed by atoms with Gasteiger partial charge in [-0.3, -0.25) is 0 Å². The maximum atomic E-state index is 7.24. The topological polar surface area (TPSA) is 24.6 Å². The Morgan fingerprint density at radius 2 is 0.844 bits per heavy atom. The van der Waals surface area contributed by atoms with Crippen LogP contribution in [0.4, 0.5) is 34.1 Å². The van der Waals surface area contributed by atoms with Crippen molar-refractivity contribution in [3.63, 3.8) is 0 Å². The molecular weight excluding hydrogens is 955 g/mol. The normalized spacial score (nSPS) is 11.6. The molecule has 0 spiro atoms. The van der Waals surface area contributed by atoms with Gasteiger partial charge in [0.05, 0.1) is 22.1 Å². The van der Waals surface area contributed by atoms with Crippen LogP contribution in [-0.4, -0.2) is 4.57 Å². The van der Waals surface area contributed by atoms with Crippen LogP contribution in [0.3, 0.4) is 0 Å². The van der Waals surface area contributed by atoms with Crippen LogP contribution in [0.25, 0.3) is 103 Å². The largest absolute Gasteiger partial charge is 0.455 e. The third-order valence-electron chi connectivity index (χ3n) is 15.1. The summed E-state index contributed by atoms with van der Waals surface area (Å²) in [6, 6.07) is 103. The molecule has 12 aromatic carbocycles. The molecule has 0 saturated heterocycles. The van der Waals surface area contributed by atoms with Crippen LogP contribution in [0.15, 0.2) is 290 Å². The molecular formula is C72H47N3OS. The van der Waals surface area contributed by atoms with Gasteiger partial charge in [0.25, 0.3) is 0 Å². The molecule has 77 heavy (non-hydrogen) atoms. The summed E-state index contributed by atoms with van der Waals surface area (Å²) in [6.07, 6.45) is 0. The predicted octanol–water partition coefficient (Wildman–Crippen LogP) is 21.0. The van der Waals surface area contributed by atoms with Crippen molar-refractivity contribution in [3.05, 3.63) is 285 Å². The lowest BCUT2D eigenvalue weighted by molar-refractivity contribution is 0.670. The molecule has 5 heteroatoms. The van der Waals surface area contributed by atoms with Gasteiger partial charge in [0.1, 0.15) is 11.2 Å². The van der Waals surface area contributed by atoms with Gasteiger partial charge in [0, 0.05) is 76.0 Å². The molecule has 362 valence electrons. The summed E-state index contributed by atoms with van der Waals surface area (Å²) in [6.45, 7) is 0. The molecule has 0 unspecified atom stereocenters. The minimum Gasteiger partial charge on any atom is -0.455 e. The molecule has 0 fully saturated rings. The first-order chi connectivity index (χ1) is 38.2. The summed E-state index contributed by atoms with van der Waals surface area (Å²) in [5.74, 6) is 0. The highest BCUT2D eigenvalue weighted by atomic mass is 32.1. The second kappa shape index (κ2) is 18.5. The third-order valence-corrected chi connectivity index (χ3v) is 16.3. The van der Waals surface area contributed by atoms with E-state index in [1.54, 1.807) is 0 Å². The number of fused-ring (bicyclic) bond motifs is 10. The van der Waals surface area contributed by atoms with Crippen LogP contribution < -0.4 is 9.80 Å². The number of para-hydroxylation sites is 4. The second-order valence-electron chi connectivity index (χ2n) is 19.6. The Balaban J connectivity index is 1.05. The Kier molecular flexibility index (Phi) is 10.7. The number of furan rings is 1. The molecule has 0 atom stereocenters. The average molecular weight is 1000 g/mol. The monoisotopic (exact) mass is 1000 g/mol. The Bertz CT molecular complexity index is 4660. The van der Waals surface area contributed by atoms with Crippen molar-refractivity contribution in [2.45, 2.75) is 0 Å². The summed E-state index contributed by atoms with van der Waals surface area (Å²) < 4.78 is 12.2. The van der Waals surface area contributed by atoms with E-state index in [-0.39, 0.29) is 0 Å². The summed E-state index contributed by atoms with van der Waals surface area (Å²) in [7, 11) is 0. The summed E-state index contributed by atoms with van der Waals surface area (Å²) in [4.78, 5) is 4.87. The number of anilines is 6. The van der Waals surface area contributed by atoms with Gasteiger partial charge in [-0.1, -0.05) is 182 Å². The molecule has 0 N–H and O–H groups in total. The van der Waals surface area contributed by atoms with E-state index in [1.165, 1.54) is 36.7 Å². The first-order valence-corrected chi connectivity index (χ1v) is 27.0. The molecule has 3 heterocycles. The number of aromatic nitrogens is 1. The van der Waals surface area contributed by atoms with E-state index >= 15 is 0 Å². The lowest BCUT2D eigenvalue weighted by atomic mass is 9.96. The number of rotatable bonds is 10. The van der Waals surface area contributed by atoms with Crippen molar-refractivity contribution >= 4 is 109 Å². The number of hydrogen-bond acceptors (Lipinski definition) is 4. The van der Waals surface area contributed by atoms with Gasteiger partial charge in [-0.25, -0.2) is 0 Å². The van der Waals surface area contributed by atoms with Gasteiger partial charge in [-0.15, -0.1) is 11.3 Å². The van der Waals surface area contributed by atoms with Crippen LogP contribution in [0.1, 0.15) is 0 Å². The van der Waals surface area contributed by atoms with E-state index in [2.05, 4.69) is 299 Å². The number of thiophene rings is 1. The third kappa shape index (κ3) is 7.58. The van der Waals surface area contributed by atoms with Gasteiger partial charge < -0.3 is 18.8 Å². The zero-order valence-electron chi connectivity index (χ0n) is 41.8. The molecule has 0 radical (unpaired) electrons. The molecule has 3 aromatic heterocycles. The molecule has 0 bridgehead atoms. The minimum absolute atomic E-state index is 0.838. The van der Waals surface area contributed by atoms with E-state index in [9.17, 15) is 0 Å². The van der Waals surface area contributed by atoms with Crippen molar-refractivity contribution < 1.29 is 4.42 Å². The predicted molar refractivity (Wildman–Crippen MR) is 327 cm³/mol. The highest BCUT2D eigenvalue weighted by Crippen LogP contribution is 2.51. The van der Waals surface area contributed by atoms with E-state index in [1.807, 2.05) is 11.3 Å². The van der Waals surface area contributed by atoms with Gasteiger partial charge in [0.15, 0.2) is 0 Å². The summed E-state index contributed by atoms with van der Waals surface area (Å²) >= 11 is 1.84. The van der Waals surface area contributed by atoms with Crippen LogP contribution in [0.2, 0.25) is 0 Å². The van der Waals surface area contributed by atoms with Gasteiger partial charge >= 0.3 is 0 Å². The molecule has 4 nitrogen and oxygen atoms in total. The fourth-order valence-electron chi connectivity index (χ4n) is 11.7. The smallest absolute Gasteiger partial charge is 0.145 e. The molecule has 0 saturated carbocycles. The Morgan fingerprint density at radius 3 is 1.53 bits per heavy atom. The molecule has 0 aliphatic heterocycles. The quantitative estimate of drug-likeness (QED) is 0.136. The maximum absolute atomic E-state index is 7.24. The first kappa shape index (κ1) is 44.5. The van der Waals surface area contributed by atoms with E-state index in [0.717, 1.165) is 100 Å². The maximum Gasteiger partial charge on any atom is 0.145 e. The lowest BCUT2D eigenvalue weighted by Gasteiger charge is -2.31. The Labute approximate surface area is 449 Å². The van der Waals surface area contributed by atoms with Crippen molar-refractivity contribution in [1.29, 1.82) is 0 Å². The van der Waals surface area contributed by atoms with Crippen LogP contribution >= 0.6 is 11.3 Å². The fraction of sp³-hybridized carbons (Fsp3) is 0. The molecule has 15 rings (SSSR count). The number of nitrogens with zero attached hydrogens (tertiary/aromatic N) is 3. The van der Waals surface area contributed by atoms with Crippen LogP contribution in [0, 0.1) is 0 Å². The lowest BCUT2D eigenvalue weighted by Crippen LogP contribution is -2.14. The average Bonchev–Trinajstić information content (AvgIpc) is 4.40. The number of benzene rings is 12. The SMILES string of the molecule is c1ccc(-c2ccc(N(c3ccccc3)c3cc(-c4cc5c6ccccc6n(-c6ccccc6)c5c5c4oc4ccccc45)cc(N(c4ccc(-c5ccccc5)cc4)c4cccc5sc6ccccc6c45)c3)cc2)cc1. The van der Waals surface area contributed by atoms with E-state index < -0.39 is 0 Å². The first-order valence-electron chi connectivity index (χ1n) is 26.1. The molecule has 0 aliphatic rings. The van der Waals surface area contributed by atoms with Crippen LogP contribution in [0.5, 0.6) is 0 Å². The standard InChI is InChI=1S/C72H47N3OS/c1-5-20-48(21-6-1)50-36-40-55(41-37-50)73(53-24-9-3-10-25-53)57-44-52(62-47-63-59-28-13-16-31-64(59)75(54-26-11-4-12-27-54)71(63)70-60-29-14-17-33-66(60)76-72(62)70)45-58(46-57)74(56-42-38-51(39-43-56)49-22-7-2-8-23-49)65-32-19-35-68-69(65)61-30-15-18-34-67(61)77-68/h1-47H. The Morgan fingerprint density at radius 1 is 0.325 bits per heavy atom. The van der Waals surface area contributed by atoms with Gasteiger partial charge in [-0.2, -0.15) is 0 Å². The molecule has 0 amide bonds. The zero-order chi connectivity index (χ0) is 50.8. The van der Waals surface area contributed by atoms with E-state index in [4.69, 9.17) is 4.42 Å². The molecule has 15 aromatic rings. The number of hydrogen-bond donors (Lipinski definition) is 0. The van der Waals surface area contributed by atoms with Crippen LogP contribution in [-0.2, 0) is 0 Å². The molecule has 0 aliphatic carbocycles. The zero-order valence-corrected chi connectivity index (χ0v) is 42.6. The fourth-order valence-corrected chi connectivity index (χ4v) is 12.8. The summed E-state index contributed by atoms with van der Waals surface area (Å²) in [5.41, 5.74) is 18.0. The Hall–Kier alpha value is -9.94. The van der Waals surface area contributed by atoms with Gasteiger partial charge in [-0.05, 0) is 131 Å². The highest BCUT2D eigenvalue weighted by Gasteiger charge is 2.26. The van der Waals surface area contributed by atoms with Gasteiger partial charge in [0.2, 0.25) is 0 Å². The minimum atomic E-state index is 0.838. The van der Waals surface area contributed by atoms with E-state index in [0.29, 0.717) is 0 Å².